The Morgan fingerprint density at radius 2 is 1.70 bits per heavy atom. The van der Waals surface area contributed by atoms with Crippen LogP contribution in [0.2, 0.25) is 0 Å². The van der Waals surface area contributed by atoms with E-state index < -0.39 is 0 Å². The number of aryl methyl sites for hydroxylation is 1. The molecule has 0 N–H and O–H groups in total. The molecule has 0 atom stereocenters. The van der Waals surface area contributed by atoms with Gasteiger partial charge in [-0.25, -0.2) is 4.68 Å². The molecule has 0 fully saturated rings. The molecule has 4 heteroatoms. The third-order valence-corrected chi connectivity index (χ3v) is 2.79. The summed E-state index contributed by atoms with van der Waals surface area (Å²) in [4.78, 5) is 0. The van der Waals surface area contributed by atoms with E-state index in [1.165, 1.54) is 12.8 Å². The number of ether oxygens (including phenoxy) is 1. The maximum absolute atomic E-state index is 5.34. The van der Waals surface area contributed by atoms with Gasteiger partial charge in [-0.15, -0.1) is 5.10 Å². The van der Waals surface area contributed by atoms with Gasteiger partial charge in [0.15, 0.2) is 0 Å². The topological polar surface area (TPSA) is 39.9 Å². The van der Waals surface area contributed by atoms with E-state index in [0.29, 0.717) is 0 Å². The van der Waals surface area contributed by atoms with Crippen LogP contribution in [-0.2, 0) is 10.3 Å². The molecule has 0 saturated heterocycles. The standard InChI is InChI=1S/C10H19N3O.C4H10.C2H6/c1-5-14-7-6-10(3,4)13-8-9(2)11-12-13;1-3-4-2;1-2/h8H,5-7H2,1-4H3;3-4H2,1-2H3;1-2H3. The molecule has 0 aromatic carbocycles. The molecule has 0 spiro atoms. The van der Waals surface area contributed by atoms with Crippen molar-refractivity contribution < 1.29 is 4.74 Å². The maximum Gasteiger partial charge on any atom is 0.0796 e. The zero-order chi connectivity index (χ0) is 16.0. The largest absolute Gasteiger partial charge is 0.382 e. The highest BCUT2D eigenvalue weighted by atomic mass is 16.5. The Labute approximate surface area is 125 Å². The summed E-state index contributed by atoms with van der Waals surface area (Å²) in [5.74, 6) is 0. The highest BCUT2D eigenvalue weighted by Gasteiger charge is 2.20. The van der Waals surface area contributed by atoms with Crippen LogP contribution in [-0.4, -0.2) is 28.2 Å². The minimum absolute atomic E-state index is 0.0174. The number of nitrogens with zero attached hydrogens (tertiary/aromatic N) is 3. The fraction of sp³-hybridized carbons (Fsp3) is 0.875. The molecule has 1 heterocycles. The molecule has 0 unspecified atom stereocenters. The molecule has 4 nitrogen and oxygen atoms in total. The molecule has 0 aliphatic rings. The smallest absolute Gasteiger partial charge is 0.0796 e. The zero-order valence-corrected chi connectivity index (χ0v) is 14.9. The van der Waals surface area contributed by atoms with Crippen LogP contribution in [0.5, 0.6) is 0 Å². The Morgan fingerprint density at radius 3 is 2.05 bits per heavy atom. The summed E-state index contributed by atoms with van der Waals surface area (Å²) in [6.07, 6.45) is 5.55. The molecule has 120 valence electrons. The molecule has 1 aromatic rings. The van der Waals surface area contributed by atoms with Gasteiger partial charge in [0.05, 0.1) is 11.2 Å². The lowest BCUT2D eigenvalue weighted by Crippen LogP contribution is -2.28. The van der Waals surface area contributed by atoms with Crippen molar-refractivity contribution >= 4 is 0 Å². The van der Waals surface area contributed by atoms with Gasteiger partial charge >= 0.3 is 0 Å². The van der Waals surface area contributed by atoms with E-state index in [1.807, 2.05) is 38.6 Å². The van der Waals surface area contributed by atoms with Gasteiger partial charge < -0.3 is 4.74 Å². The summed E-state index contributed by atoms with van der Waals surface area (Å²) in [5.41, 5.74) is 0.936. The van der Waals surface area contributed by atoms with Gasteiger partial charge in [0, 0.05) is 19.4 Å². The summed E-state index contributed by atoms with van der Waals surface area (Å²) in [6, 6.07) is 0. The molecule has 0 aliphatic carbocycles. The van der Waals surface area contributed by atoms with E-state index in [9.17, 15) is 0 Å². The van der Waals surface area contributed by atoms with Gasteiger partial charge in [-0.1, -0.05) is 45.7 Å². The Balaban J connectivity index is 0. The first-order valence-corrected chi connectivity index (χ1v) is 7.95. The molecular weight excluding hydrogens is 250 g/mol. The van der Waals surface area contributed by atoms with Crippen LogP contribution >= 0.6 is 0 Å². The van der Waals surface area contributed by atoms with Crippen molar-refractivity contribution in [1.29, 1.82) is 0 Å². The van der Waals surface area contributed by atoms with Crippen LogP contribution in [0.3, 0.4) is 0 Å². The third kappa shape index (κ3) is 9.96. The van der Waals surface area contributed by atoms with Gasteiger partial charge in [-0.2, -0.15) is 0 Å². The molecular formula is C16H35N3O. The van der Waals surface area contributed by atoms with Crippen LogP contribution in [0.1, 0.15) is 73.4 Å². The molecule has 1 rings (SSSR count). The maximum atomic E-state index is 5.34. The van der Waals surface area contributed by atoms with E-state index in [4.69, 9.17) is 4.74 Å². The monoisotopic (exact) mass is 285 g/mol. The first-order valence-electron chi connectivity index (χ1n) is 7.95. The SMILES string of the molecule is CC.CCCC.CCOCCC(C)(C)n1cc(C)nn1. The lowest BCUT2D eigenvalue weighted by Gasteiger charge is -2.24. The van der Waals surface area contributed by atoms with Gasteiger partial charge in [0.2, 0.25) is 0 Å². The fourth-order valence-electron chi connectivity index (χ4n) is 1.22. The van der Waals surface area contributed by atoms with Crippen molar-refractivity contribution in [3.8, 4) is 0 Å². The predicted molar refractivity (Wildman–Crippen MR) is 87.1 cm³/mol. The lowest BCUT2D eigenvalue weighted by molar-refractivity contribution is 0.112. The van der Waals surface area contributed by atoms with Crippen LogP contribution in [0.15, 0.2) is 6.20 Å². The quantitative estimate of drug-likeness (QED) is 0.718. The highest BCUT2D eigenvalue weighted by Crippen LogP contribution is 2.18. The lowest BCUT2D eigenvalue weighted by atomic mass is 10.0. The van der Waals surface area contributed by atoms with Crippen molar-refractivity contribution in [3.63, 3.8) is 0 Å². The second-order valence-corrected chi connectivity index (χ2v) is 5.06. The van der Waals surface area contributed by atoms with E-state index >= 15 is 0 Å². The zero-order valence-electron chi connectivity index (χ0n) is 14.9. The molecule has 1 aromatic heterocycles. The molecule has 0 bridgehead atoms. The molecule has 0 amide bonds. The van der Waals surface area contributed by atoms with E-state index in [0.717, 1.165) is 25.3 Å². The Hall–Kier alpha value is -0.900. The second kappa shape index (κ2) is 13.1. The van der Waals surface area contributed by atoms with Crippen molar-refractivity contribution in [3.05, 3.63) is 11.9 Å². The first-order chi connectivity index (χ1) is 9.47. The fourth-order valence-corrected chi connectivity index (χ4v) is 1.22. The van der Waals surface area contributed by atoms with E-state index in [1.54, 1.807) is 0 Å². The number of unbranched alkanes of at least 4 members (excludes halogenated alkanes) is 1. The summed E-state index contributed by atoms with van der Waals surface area (Å²) >= 11 is 0. The minimum Gasteiger partial charge on any atom is -0.382 e. The van der Waals surface area contributed by atoms with Crippen LogP contribution in [0.25, 0.3) is 0 Å². The summed E-state index contributed by atoms with van der Waals surface area (Å²) in [7, 11) is 0. The normalized spacial score (nSPS) is 10.2. The summed E-state index contributed by atoms with van der Waals surface area (Å²) < 4.78 is 7.24. The summed E-state index contributed by atoms with van der Waals surface area (Å²) in [6.45, 7) is 18.1. The Morgan fingerprint density at radius 1 is 1.15 bits per heavy atom. The van der Waals surface area contributed by atoms with Crippen LogP contribution < -0.4 is 0 Å². The van der Waals surface area contributed by atoms with Crippen LogP contribution in [0.4, 0.5) is 0 Å². The van der Waals surface area contributed by atoms with Crippen molar-refractivity contribution in [1.82, 2.24) is 15.0 Å². The van der Waals surface area contributed by atoms with E-state index in [-0.39, 0.29) is 5.54 Å². The third-order valence-electron chi connectivity index (χ3n) is 2.79. The number of aromatic nitrogens is 3. The van der Waals surface area contributed by atoms with E-state index in [2.05, 4.69) is 38.0 Å². The average Bonchev–Trinajstić information content (AvgIpc) is 2.89. The molecule has 20 heavy (non-hydrogen) atoms. The second-order valence-electron chi connectivity index (χ2n) is 5.06. The number of rotatable bonds is 6. The van der Waals surface area contributed by atoms with Gasteiger partial charge in [0.25, 0.3) is 0 Å². The Kier molecular flexibility index (Phi) is 14.0. The molecule has 0 aliphatic heterocycles. The van der Waals surface area contributed by atoms with Gasteiger partial charge in [0.1, 0.15) is 0 Å². The van der Waals surface area contributed by atoms with Crippen LogP contribution in [0, 0.1) is 6.92 Å². The molecule has 0 saturated carbocycles. The van der Waals surface area contributed by atoms with Gasteiger partial charge in [-0.05, 0) is 34.1 Å². The number of hydrogen-bond acceptors (Lipinski definition) is 3. The summed E-state index contributed by atoms with van der Waals surface area (Å²) in [5, 5.41) is 8.06. The van der Waals surface area contributed by atoms with Gasteiger partial charge in [-0.3, -0.25) is 0 Å². The predicted octanol–water partition coefficient (Wildman–Crippen LogP) is 4.58. The minimum atomic E-state index is -0.0174. The highest BCUT2D eigenvalue weighted by molar-refractivity contribution is 4.91. The van der Waals surface area contributed by atoms with Crippen molar-refractivity contribution in [2.45, 2.75) is 80.2 Å². The number of hydrogen-bond donors (Lipinski definition) is 0. The van der Waals surface area contributed by atoms with Crippen molar-refractivity contribution in [2.75, 3.05) is 13.2 Å². The van der Waals surface area contributed by atoms with Crippen molar-refractivity contribution in [2.24, 2.45) is 0 Å². The first kappa shape index (κ1) is 21.4. The molecule has 0 radical (unpaired) electrons. The average molecular weight is 285 g/mol. The Bertz CT molecular complexity index is 306.